The first-order chi connectivity index (χ1) is 10.8. The minimum Gasteiger partial charge on any atom is -0.371 e. The molecule has 0 radical (unpaired) electrons. The Morgan fingerprint density at radius 3 is 3.14 bits per heavy atom. The lowest BCUT2D eigenvalue weighted by Crippen LogP contribution is -2.34. The van der Waals surface area contributed by atoms with E-state index in [9.17, 15) is 0 Å². The predicted octanol–water partition coefficient (Wildman–Crippen LogP) is 3.00. The Morgan fingerprint density at radius 1 is 1.50 bits per heavy atom. The molecular weight excluding hydrogens is 304 g/mol. The highest BCUT2D eigenvalue weighted by Gasteiger charge is 2.25. The van der Waals surface area contributed by atoms with Gasteiger partial charge in [0.1, 0.15) is 0 Å². The van der Waals surface area contributed by atoms with E-state index < -0.39 is 0 Å². The first-order valence-electron chi connectivity index (χ1n) is 7.57. The minimum absolute atomic E-state index is 0.0324. The standard InChI is InChI=1S/C16H23ClN2O3/c1-20-22-12-19-8-9-21-16(14-5-3-7-18-11-14)13-4-2-6-15(17)10-13/h2,4,6,10,12,14,16,18H,3,5,7-9,11H2,1H3/t14-,16+/m1/s1. The van der Waals surface area contributed by atoms with Crippen LogP contribution in [0.3, 0.4) is 0 Å². The maximum Gasteiger partial charge on any atom is 0.214 e. The van der Waals surface area contributed by atoms with Gasteiger partial charge in [-0.15, -0.1) is 0 Å². The van der Waals surface area contributed by atoms with Crippen molar-refractivity contribution in [3.8, 4) is 0 Å². The molecule has 0 aliphatic carbocycles. The van der Waals surface area contributed by atoms with Gasteiger partial charge in [-0.1, -0.05) is 23.7 Å². The zero-order valence-corrected chi connectivity index (χ0v) is 13.6. The first kappa shape index (κ1) is 17.2. The van der Waals surface area contributed by atoms with Crippen LogP contribution in [0.2, 0.25) is 5.02 Å². The fourth-order valence-electron chi connectivity index (χ4n) is 2.68. The van der Waals surface area contributed by atoms with E-state index in [1.165, 1.54) is 19.9 Å². The van der Waals surface area contributed by atoms with Crippen molar-refractivity contribution in [1.29, 1.82) is 0 Å². The number of rotatable bonds is 8. The third kappa shape index (κ3) is 5.57. The lowest BCUT2D eigenvalue weighted by atomic mass is 9.89. The monoisotopic (exact) mass is 326 g/mol. The van der Waals surface area contributed by atoms with Crippen LogP contribution in [0.1, 0.15) is 24.5 Å². The Morgan fingerprint density at radius 2 is 2.41 bits per heavy atom. The van der Waals surface area contributed by atoms with Crippen LogP contribution < -0.4 is 5.32 Å². The minimum atomic E-state index is 0.0324. The average molecular weight is 327 g/mol. The normalized spacial score (nSPS) is 20.2. The average Bonchev–Trinajstić information content (AvgIpc) is 2.55. The summed E-state index contributed by atoms with van der Waals surface area (Å²) in [6, 6.07) is 7.91. The molecule has 0 unspecified atom stereocenters. The number of hydrogen-bond acceptors (Lipinski definition) is 5. The fourth-order valence-corrected chi connectivity index (χ4v) is 2.88. The fraction of sp³-hybridized carbons (Fsp3) is 0.562. The number of hydrogen-bond donors (Lipinski definition) is 1. The molecule has 1 fully saturated rings. The Kier molecular flexibility index (Phi) is 7.66. The second kappa shape index (κ2) is 9.79. The molecule has 1 aliphatic rings. The predicted molar refractivity (Wildman–Crippen MR) is 87.2 cm³/mol. The maximum absolute atomic E-state index is 6.12. The van der Waals surface area contributed by atoms with Crippen LogP contribution in [0.5, 0.6) is 0 Å². The van der Waals surface area contributed by atoms with Gasteiger partial charge in [0.15, 0.2) is 0 Å². The van der Waals surface area contributed by atoms with Gasteiger partial charge in [-0.25, -0.2) is 0 Å². The summed E-state index contributed by atoms with van der Waals surface area (Å²) in [7, 11) is 1.44. The Hall–Kier alpha value is -1.14. The van der Waals surface area contributed by atoms with Gasteiger partial charge in [0.2, 0.25) is 6.40 Å². The van der Waals surface area contributed by atoms with Crippen LogP contribution in [0.15, 0.2) is 29.3 Å². The Balaban J connectivity index is 1.95. The van der Waals surface area contributed by atoms with Crippen LogP contribution >= 0.6 is 11.6 Å². The van der Waals surface area contributed by atoms with Crippen molar-refractivity contribution in [2.75, 3.05) is 33.4 Å². The van der Waals surface area contributed by atoms with Crippen LogP contribution in [0.25, 0.3) is 0 Å². The van der Waals surface area contributed by atoms with E-state index in [0.29, 0.717) is 19.1 Å². The lowest BCUT2D eigenvalue weighted by molar-refractivity contribution is -0.188. The number of halogens is 1. The molecule has 2 rings (SSSR count). The van der Waals surface area contributed by atoms with Gasteiger partial charge in [-0.2, -0.15) is 4.89 Å². The summed E-state index contributed by atoms with van der Waals surface area (Å²) >= 11 is 6.12. The van der Waals surface area contributed by atoms with E-state index in [4.69, 9.17) is 16.3 Å². The quantitative estimate of drug-likeness (QED) is 0.262. The van der Waals surface area contributed by atoms with Gasteiger partial charge in [-0.3, -0.25) is 4.99 Å². The second-order valence-electron chi connectivity index (χ2n) is 5.23. The summed E-state index contributed by atoms with van der Waals surface area (Å²) in [5.41, 5.74) is 1.12. The number of nitrogens with one attached hydrogen (secondary N) is 1. The van der Waals surface area contributed by atoms with Gasteiger partial charge in [0.05, 0.1) is 26.4 Å². The zero-order chi connectivity index (χ0) is 15.6. The maximum atomic E-state index is 6.12. The molecule has 1 N–H and O–H groups in total. The summed E-state index contributed by atoms with van der Waals surface area (Å²) in [5.74, 6) is 0.450. The van der Waals surface area contributed by atoms with Gasteiger partial charge >= 0.3 is 0 Å². The number of aliphatic imine (C=N–C) groups is 1. The molecule has 1 aromatic rings. The molecule has 1 heterocycles. The van der Waals surface area contributed by atoms with E-state index in [0.717, 1.165) is 30.1 Å². The smallest absolute Gasteiger partial charge is 0.214 e. The van der Waals surface area contributed by atoms with Gasteiger partial charge in [0.25, 0.3) is 0 Å². The third-order valence-electron chi connectivity index (χ3n) is 3.67. The Bertz CT molecular complexity index is 464. The van der Waals surface area contributed by atoms with E-state index in [1.54, 1.807) is 0 Å². The molecule has 1 aromatic carbocycles. The Labute approximate surface area is 136 Å². The second-order valence-corrected chi connectivity index (χ2v) is 5.66. The zero-order valence-electron chi connectivity index (χ0n) is 12.8. The summed E-state index contributed by atoms with van der Waals surface area (Å²) in [4.78, 5) is 13.1. The number of benzene rings is 1. The van der Waals surface area contributed by atoms with E-state index in [-0.39, 0.29) is 6.10 Å². The van der Waals surface area contributed by atoms with E-state index in [1.807, 2.05) is 18.2 Å². The SMILES string of the molecule is COOC=NCCO[C@@H](c1cccc(Cl)c1)[C@@H]1CCCNC1. The molecule has 6 heteroatoms. The van der Waals surface area contributed by atoms with Crippen LogP contribution in [-0.4, -0.2) is 39.8 Å². The molecule has 0 amide bonds. The summed E-state index contributed by atoms with van der Waals surface area (Å²) in [6.07, 6.45) is 3.63. The summed E-state index contributed by atoms with van der Waals surface area (Å²) in [5, 5.41) is 4.18. The highest BCUT2D eigenvalue weighted by atomic mass is 35.5. The molecule has 0 aromatic heterocycles. The van der Waals surface area contributed by atoms with Gasteiger partial charge in [0, 0.05) is 17.5 Å². The topological polar surface area (TPSA) is 52.1 Å². The van der Waals surface area contributed by atoms with E-state index in [2.05, 4.69) is 26.2 Å². The largest absolute Gasteiger partial charge is 0.371 e. The molecule has 122 valence electrons. The highest BCUT2D eigenvalue weighted by molar-refractivity contribution is 6.30. The van der Waals surface area contributed by atoms with Crippen LogP contribution in [-0.2, 0) is 14.5 Å². The van der Waals surface area contributed by atoms with Crippen LogP contribution in [0.4, 0.5) is 0 Å². The van der Waals surface area contributed by atoms with Crippen molar-refractivity contribution < 1.29 is 14.5 Å². The number of nitrogens with zero attached hydrogens (tertiary/aromatic N) is 1. The van der Waals surface area contributed by atoms with Gasteiger partial charge in [-0.05, 0) is 37.1 Å². The van der Waals surface area contributed by atoms with E-state index >= 15 is 0 Å². The summed E-state index contributed by atoms with van der Waals surface area (Å²) in [6.45, 7) is 3.10. The van der Waals surface area contributed by atoms with Crippen molar-refractivity contribution in [1.82, 2.24) is 5.32 Å². The van der Waals surface area contributed by atoms with Crippen LogP contribution in [0, 0.1) is 5.92 Å². The number of piperidine rings is 1. The highest BCUT2D eigenvalue weighted by Crippen LogP contribution is 2.31. The molecule has 0 spiro atoms. The van der Waals surface area contributed by atoms with Crippen molar-refractivity contribution in [2.24, 2.45) is 10.9 Å². The first-order valence-corrected chi connectivity index (χ1v) is 7.94. The molecule has 0 bridgehead atoms. The van der Waals surface area contributed by atoms with Gasteiger partial charge < -0.3 is 14.9 Å². The summed E-state index contributed by atoms with van der Waals surface area (Å²) < 4.78 is 6.09. The third-order valence-corrected chi connectivity index (χ3v) is 3.91. The van der Waals surface area contributed by atoms with Crippen molar-refractivity contribution in [2.45, 2.75) is 18.9 Å². The molecule has 1 aliphatic heterocycles. The molecule has 2 atom stereocenters. The van der Waals surface area contributed by atoms with Crippen molar-refractivity contribution in [3.05, 3.63) is 34.9 Å². The molecule has 5 nitrogen and oxygen atoms in total. The number of ether oxygens (including phenoxy) is 1. The van der Waals surface area contributed by atoms with Crippen molar-refractivity contribution in [3.63, 3.8) is 0 Å². The molecular formula is C16H23ClN2O3. The molecule has 0 saturated carbocycles. The molecule has 22 heavy (non-hydrogen) atoms. The lowest BCUT2D eigenvalue weighted by Gasteiger charge is -2.31. The van der Waals surface area contributed by atoms with Crippen molar-refractivity contribution >= 4 is 18.0 Å². The molecule has 1 saturated heterocycles.